The summed E-state index contributed by atoms with van der Waals surface area (Å²) in [6.07, 6.45) is 0.170. The predicted molar refractivity (Wildman–Crippen MR) is 74.6 cm³/mol. The fourth-order valence-electron chi connectivity index (χ4n) is 1.45. The predicted octanol–water partition coefficient (Wildman–Crippen LogP) is 1.27. The lowest BCUT2D eigenvalue weighted by molar-refractivity contribution is -0.121. The van der Waals surface area contributed by atoms with Gasteiger partial charge in [0.2, 0.25) is 5.91 Å². The molecule has 0 saturated carbocycles. The van der Waals surface area contributed by atoms with Crippen molar-refractivity contribution in [2.45, 2.75) is 6.42 Å². The van der Waals surface area contributed by atoms with Crippen LogP contribution in [-0.2, 0) is 9.53 Å². The van der Waals surface area contributed by atoms with Crippen LogP contribution in [-0.4, -0.2) is 50.8 Å². The van der Waals surface area contributed by atoms with E-state index in [0.29, 0.717) is 18.9 Å². The van der Waals surface area contributed by atoms with E-state index in [2.05, 4.69) is 5.32 Å². The largest absolute Gasteiger partial charge is 0.415 e. The van der Waals surface area contributed by atoms with Crippen LogP contribution in [0.1, 0.15) is 6.42 Å². The van der Waals surface area contributed by atoms with Crippen molar-refractivity contribution in [2.24, 2.45) is 0 Å². The van der Waals surface area contributed by atoms with E-state index in [-0.39, 0.29) is 12.5 Å². The maximum atomic E-state index is 11.7. The van der Waals surface area contributed by atoms with Crippen LogP contribution >= 0.6 is 0 Å². The minimum Gasteiger partial charge on any atom is -0.410 e. The number of ether oxygens (including phenoxy) is 2. The third-order valence-corrected chi connectivity index (χ3v) is 2.49. The van der Waals surface area contributed by atoms with Crippen LogP contribution in [0.2, 0.25) is 0 Å². The monoisotopic (exact) mass is 280 g/mol. The molecule has 0 fully saturated rings. The van der Waals surface area contributed by atoms with E-state index in [1.165, 1.54) is 11.9 Å². The number of carbonyl (C=O) groups excluding carboxylic acids is 2. The third-order valence-electron chi connectivity index (χ3n) is 2.49. The molecule has 1 aromatic carbocycles. The number of para-hydroxylation sites is 1. The van der Waals surface area contributed by atoms with Gasteiger partial charge in [0.15, 0.2) is 0 Å². The molecule has 1 rings (SSSR count). The molecule has 0 bridgehead atoms. The minimum atomic E-state index is -0.566. The summed E-state index contributed by atoms with van der Waals surface area (Å²) >= 11 is 0. The molecular formula is C14H20N2O4. The van der Waals surface area contributed by atoms with E-state index in [9.17, 15) is 9.59 Å². The van der Waals surface area contributed by atoms with Crippen LogP contribution in [0.5, 0.6) is 5.75 Å². The zero-order chi connectivity index (χ0) is 14.8. The van der Waals surface area contributed by atoms with E-state index in [1.807, 2.05) is 6.07 Å². The first-order valence-electron chi connectivity index (χ1n) is 6.37. The topological polar surface area (TPSA) is 67.9 Å². The number of methoxy groups -OCH3 is 1. The van der Waals surface area contributed by atoms with Gasteiger partial charge < -0.3 is 19.7 Å². The molecule has 110 valence electrons. The van der Waals surface area contributed by atoms with Gasteiger partial charge in [-0.3, -0.25) is 4.79 Å². The van der Waals surface area contributed by atoms with E-state index in [4.69, 9.17) is 9.47 Å². The van der Waals surface area contributed by atoms with E-state index < -0.39 is 6.09 Å². The maximum Gasteiger partial charge on any atom is 0.415 e. The molecule has 0 spiro atoms. The molecular weight excluding hydrogens is 260 g/mol. The molecule has 0 heterocycles. The molecule has 1 N–H and O–H groups in total. The van der Waals surface area contributed by atoms with E-state index in [1.54, 1.807) is 31.4 Å². The lowest BCUT2D eigenvalue weighted by atomic mass is 10.3. The molecule has 0 aliphatic carbocycles. The summed E-state index contributed by atoms with van der Waals surface area (Å²) in [5, 5.41) is 2.70. The first-order chi connectivity index (χ1) is 9.63. The Morgan fingerprint density at radius 2 is 1.95 bits per heavy atom. The molecule has 0 saturated heterocycles. The van der Waals surface area contributed by atoms with Crippen LogP contribution in [0.15, 0.2) is 30.3 Å². The standard InChI is InChI=1S/C14H20N2O4/c1-16(11-13(17)15-9-6-10-19-2)14(18)20-12-7-4-3-5-8-12/h3-5,7-8H,6,9-11H2,1-2H3,(H,15,17). The lowest BCUT2D eigenvalue weighted by Crippen LogP contribution is -2.40. The van der Waals surface area contributed by atoms with Gasteiger partial charge in [-0.2, -0.15) is 0 Å². The minimum absolute atomic E-state index is 0.0430. The molecule has 0 aliphatic rings. The van der Waals surface area contributed by atoms with E-state index in [0.717, 1.165) is 6.42 Å². The molecule has 0 aliphatic heterocycles. The number of carbonyl (C=O) groups is 2. The number of nitrogens with zero attached hydrogens (tertiary/aromatic N) is 1. The molecule has 0 unspecified atom stereocenters. The molecule has 0 atom stereocenters. The zero-order valence-electron chi connectivity index (χ0n) is 11.8. The van der Waals surface area contributed by atoms with Gasteiger partial charge in [-0.1, -0.05) is 18.2 Å². The van der Waals surface area contributed by atoms with Crippen LogP contribution in [0.25, 0.3) is 0 Å². The summed E-state index contributed by atoms with van der Waals surface area (Å²) in [5.41, 5.74) is 0. The summed E-state index contributed by atoms with van der Waals surface area (Å²) in [4.78, 5) is 24.5. The van der Waals surface area contributed by atoms with Crippen molar-refractivity contribution in [3.63, 3.8) is 0 Å². The molecule has 6 heteroatoms. The maximum absolute atomic E-state index is 11.7. The summed E-state index contributed by atoms with van der Waals surface area (Å²) < 4.78 is 9.98. The average molecular weight is 280 g/mol. The highest BCUT2D eigenvalue weighted by atomic mass is 16.6. The Balaban J connectivity index is 2.29. The smallest absolute Gasteiger partial charge is 0.410 e. The number of hydrogen-bond acceptors (Lipinski definition) is 4. The Morgan fingerprint density at radius 3 is 2.60 bits per heavy atom. The molecule has 2 amide bonds. The van der Waals surface area contributed by atoms with Gasteiger partial charge in [-0.15, -0.1) is 0 Å². The second kappa shape index (κ2) is 8.92. The summed E-state index contributed by atoms with van der Waals surface area (Å²) in [5.74, 6) is 0.221. The summed E-state index contributed by atoms with van der Waals surface area (Å²) in [6, 6.07) is 8.72. The van der Waals surface area contributed by atoms with Gasteiger partial charge in [-0.25, -0.2) is 4.79 Å². The fourth-order valence-corrected chi connectivity index (χ4v) is 1.45. The summed E-state index contributed by atoms with van der Waals surface area (Å²) in [6.45, 7) is 1.07. The Kier molecular flexibility index (Phi) is 7.13. The van der Waals surface area contributed by atoms with Gasteiger partial charge in [0.1, 0.15) is 12.3 Å². The van der Waals surface area contributed by atoms with E-state index >= 15 is 0 Å². The highest BCUT2D eigenvalue weighted by molar-refractivity contribution is 5.82. The highest BCUT2D eigenvalue weighted by Crippen LogP contribution is 2.09. The van der Waals surface area contributed by atoms with Crippen LogP contribution < -0.4 is 10.1 Å². The van der Waals surface area contributed by atoms with Crippen LogP contribution in [0, 0.1) is 0 Å². The third kappa shape index (κ3) is 6.19. The molecule has 6 nitrogen and oxygen atoms in total. The highest BCUT2D eigenvalue weighted by Gasteiger charge is 2.14. The lowest BCUT2D eigenvalue weighted by Gasteiger charge is -2.16. The fraction of sp³-hybridized carbons (Fsp3) is 0.429. The van der Waals surface area contributed by atoms with Crippen LogP contribution in [0.4, 0.5) is 4.79 Å². The normalized spacial score (nSPS) is 9.90. The number of hydrogen-bond donors (Lipinski definition) is 1. The van der Waals surface area contributed by atoms with Crippen LogP contribution in [0.3, 0.4) is 0 Å². The average Bonchev–Trinajstić information content (AvgIpc) is 2.44. The van der Waals surface area contributed by atoms with Crippen molar-refractivity contribution in [1.29, 1.82) is 0 Å². The number of benzene rings is 1. The summed E-state index contributed by atoms with van der Waals surface area (Å²) in [7, 11) is 3.12. The Morgan fingerprint density at radius 1 is 1.25 bits per heavy atom. The molecule has 0 aromatic heterocycles. The number of nitrogens with one attached hydrogen (secondary N) is 1. The van der Waals surface area contributed by atoms with Crippen molar-refractivity contribution in [1.82, 2.24) is 10.2 Å². The van der Waals surface area contributed by atoms with Gasteiger partial charge in [0.05, 0.1) is 0 Å². The molecule has 20 heavy (non-hydrogen) atoms. The van der Waals surface area contributed by atoms with Crippen molar-refractivity contribution < 1.29 is 19.1 Å². The first-order valence-corrected chi connectivity index (χ1v) is 6.37. The van der Waals surface area contributed by atoms with Gasteiger partial charge in [0, 0.05) is 27.3 Å². The van der Waals surface area contributed by atoms with Gasteiger partial charge in [0.25, 0.3) is 0 Å². The van der Waals surface area contributed by atoms with Crippen molar-refractivity contribution in [3.8, 4) is 5.75 Å². The van der Waals surface area contributed by atoms with Crippen molar-refractivity contribution >= 4 is 12.0 Å². The second-order valence-electron chi connectivity index (χ2n) is 4.23. The number of likely N-dealkylation sites (N-methyl/N-ethyl adjacent to an activating group) is 1. The Bertz CT molecular complexity index is 422. The Labute approximate surface area is 118 Å². The van der Waals surface area contributed by atoms with Crippen molar-refractivity contribution in [2.75, 3.05) is 33.9 Å². The first kappa shape index (κ1) is 16.0. The number of amides is 2. The quantitative estimate of drug-likeness (QED) is 0.764. The molecule has 0 radical (unpaired) electrons. The van der Waals surface area contributed by atoms with Gasteiger partial charge in [-0.05, 0) is 18.6 Å². The SMILES string of the molecule is COCCCNC(=O)CN(C)C(=O)Oc1ccccc1. The Hall–Kier alpha value is -2.08. The second-order valence-corrected chi connectivity index (χ2v) is 4.23. The zero-order valence-corrected chi connectivity index (χ0v) is 11.8. The molecule has 1 aromatic rings. The number of rotatable bonds is 7. The van der Waals surface area contributed by atoms with Gasteiger partial charge >= 0.3 is 6.09 Å². The van der Waals surface area contributed by atoms with Crippen molar-refractivity contribution in [3.05, 3.63) is 30.3 Å².